The molecule has 1 aliphatic carbocycles. The van der Waals surface area contributed by atoms with E-state index in [1.807, 2.05) is 0 Å². The predicted molar refractivity (Wildman–Crippen MR) is 89.4 cm³/mol. The Kier molecular flexibility index (Phi) is 4.91. The second-order valence-electron chi connectivity index (χ2n) is 8.02. The van der Waals surface area contributed by atoms with Crippen LogP contribution in [0.25, 0.3) is 0 Å². The van der Waals surface area contributed by atoms with Gasteiger partial charge in [0.2, 0.25) is 5.89 Å². The molecule has 0 radical (unpaired) electrons. The lowest BCUT2D eigenvalue weighted by Gasteiger charge is -2.28. The van der Waals surface area contributed by atoms with Gasteiger partial charge in [-0.05, 0) is 32.6 Å². The molecule has 0 unspecified atom stereocenters. The van der Waals surface area contributed by atoms with E-state index in [-0.39, 0.29) is 23.4 Å². The van der Waals surface area contributed by atoms with Crippen molar-refractivity contribution in [1.82, 2.24) is 15.0 Å². The summed E-state index contributed by atoms with van der Waals surface area (Å²) < 4.78 is 5.67. The summed E-state index contributed by atoms with van der Waals surface area (Å²) in [5.74, 6) is 2.66. The molecule has 0 amide bonds. The van der Waals surface area contributed by atoms with Gasteiger partial charge < -0.3 is 15.2 Å². The fourth-order valence-electron chi connectivity index (χ4n) is 4.11. The highest BCUT2D eigenvalue weighted by molar-refractivity contribution is 5.85. The molecule has 126 valence electrons. The first-order valence-electron chi connectivity index (χ1n) is 8.15. The maximum atomic E-state index is 6.20. The summed E-state index contributed by atoms with van der Waals surface area (Å²) in [5, 5.41) is 4.19. The molecule has 1 saturated heterocycles. The van der Waals surface area contributed by atoms with Gasteiger partial charge in [0.05, 0.1) is 5.41 Å². The molecule has 1 aromatic heterocycles. The Bertz CT molecular complexity index is 510. The molecule has 0 aromatic carbocycles. The highest BCUT2D eigenvalue weighted by Crippen LogP contribution is 2.50. The van der Waals surface area contributed by atoms with Crippen molar-refractivity contribution in [2.75, 3.05) is 19.6 Å². The van der Waals surface area contributed by atoms with Crippen LogP contribution in [0.1, 0.15) is 64.6 Å². The van der Waals surface area contributed by atoms with E-state index < -0.39 is 0 Å². The molecule has 2 atom stereocenters. The Morgan fingerprint density at radius 3 is 2.77 bits per heavy atom. The molecule has 1 aliphatic heterocycles. The zero-order valence-electron chi connectivity index (χ0n) is 14.1. The van der Waals surface area contributed by atoms with Crippen molar-refractivity contribution in [2.45, 2.75) is 63.8 Å². The van der Waals surface area contributed by atoms with Crippen molar-refractivity contribution in [3.05, 3.63) is 11.7 Å². The third-order valence-electron chi connectivity index (χ3n) is 4.96. The fraction of sp³-hybridized carbons (Fsp3) is 0.875. The molecule has 3 rings (SSSR count). The molecule has 5 nitrogen and oxygen atoms in total. The predicted octanol–water partition coefficient (Wildman–Crippen LogP) is 2.71. The first kappa shape index (κ1) is 17.7. The summed E-state index contributed by atoms with van der Waals surface area (Å²) in [7, 11) is 0. The number of likely N-dealkylation sites (tertiary alicyclic amines) is 1. The minimum Gasteiger partial charge on any atom is -0.339 e. The van der Waals surface area contributed by atoms with Gasteiger partial charge in [0.15, 0.2) is 5.82 Å². The topological polar surface area (TPSA) is 68.2 Å². The lowest BCUT2D eigenvalue weighted by molar-refractivity contribution is 0.227. The minimum atomic E-state index is -0.155. The van der Waals surface area contributed by atoms with E-state index in [9.17, 15) is 0 Å². The van der Waals surface area contributed by atoms with Crippen LogP contribution in [0.5, 0.6) is 0 Å². The molecule has 1 aromatic rings. The van der Waals surface area contributed by atoms with E-state index in [1.165, 1.54) is 19.3 Å². The number of fused-ring (bicyclic) bond motifs is 1. The highest BCUT2D eigenvalue weighted by Gasteiger charge is 2.54. The summed E-state index contributed by atoms with van der Waals surface area (Å²) in [6, 6.07) is 0. The zero-order chi connectivity index (χ0) is 15.3. The molecule has 2 fully saturated rings. The number of aromatic nitrogens is 2. The lowest BCUT2D eigenvalue weighted by atomic mass is 9.80. The van der Waals surface area contributed by atoms with Gasteiger partial charge in [-0.1, -0.05) is 25.4 Å². The van der Waals surface area contributed by atoms with Crippen molar-refractivity contribution < 1.29 is 4.52 Å². The molecular weight excluding hydrogens is 300 g/mol. The maximum absolute atomic E-state index is 6.20. The third kappa shape index (κ3) is 3.17. The molecule has 0 bridgehead atoms. The van der Waals surface area contributed by atoms with Crippen LogP contribution in [0, 0.1) is 5.92 Å². The number of nitrogens with zero attached hydrogens (tertiary/aromatic N) is 3. The first-order chi connectivity index (χ1) is 9.80. The van der Waals surface area contributed by atoms with Crippen molar-refractivity contribution in [3.63, 3.8) is 0 Å². The van der Waals surface area contributed by atoms with Crippen LogP contribution < -0.4 is 5.73 Å². The average molecular weight is 329 g/mol. The van der Waals surface area contributed by atoms with E-state index >= 15 is 0 Å². The second-order valence-corrected chi connectivity index (χ2v) is 8.02. The van der Waals surface area contributed by atoms with Crippen LogP contribution in [0.4, 0.5) is 0 Å². The van der Waals surface area contributed by atoms with Gasteiger partial charge >= 0.3 is 0 Å². The van der Waals surface area contributed by atoms with Crippen LogP contribution in [0.15, 0.2) is 4.52 Å². The van der Waals surface area contributed by atoms with Crippen LogP contribution in [0.3, 0.4) is 0 Å². The van der Waals surface area contributed by atoms with E-state index in [1.54, 1.807) is 0 Å². The Labute approximate surface area is 139 Å². The molecule has 2 heterocycles. The number of halogens is 1. The zero-order valence-corrected chi connectivity index (χ0v) is 14.9. The van der Waals surface area contributed by atoms with E-state index in [0.717, 1.165) is 31.3 Å². The maximum Gasteiger partial charge on any atom is 0.234 e. The molecule has 0 spiro atoms. The van der Waals surface area contributed by atoms with Gasteiger partial charge in [0, 0.05) is 31.1 Å². The van der Waals surface area contributed by atoms with Gasteiger partial charge in [-0.25, -0.2) is 0 Å². The SMILES string of the molecule is CC(C)c1noc([C@@]23CCC[C@@H]2CN(CC(C)(C)N)C3)n1.Cl. The molecule has 1 saturated carbocycles. The summed E-state index contributed by atoms with van der Waals surface area (Å²) >= 11 is 0. The smallest absolute Gasteiger partial charge is 0.234 e. The van der Waals surface area contributed by atoms with Gasteiger partial charge in [0.1, 0.15) is 0 Å². The highest BCUT2D eigenvalue weighted by atomic mass is 35.5. The number of nitrogens with two attached hydrogens (primary N) is 1. The van der Waals surface area contributed by atoms with Crippen molar-refractivity contribution in [1.29, 1.82) is 0 Å². The minimum absolute atomic E-state index is 0. The molecule has 2 aliphatic rings. The third-order valence-corrected chi connectivity index (χ3v) is 4.96. The fourth-order valence-corrected chi connectivity index (χ4v) is 4.11. The monoisotopic (exact) mass is 328 g/mol. The lowest BCUT2D eigenvalue weighted by Crippen LogP contribution is -2.45. The van der Waals surface area contributed by atoms with Crippen LogP contribution >= 0.6 is 12.4 Å². The van der Waals surface area contributed by atoms with Gasteiger partial charge in [-0.2, -0.15) is 4.98 Å². The summed E-state index contributed by atoms with van der Waals surface area (Å²) in [5.41, 5.74) is 6.12. The number of hydrogen-bond donors (Lipinski definition) is 1. The van der Waals surface area contributed by atoms with Crippen molar-refractivity contribution >= 4 is 12.4 Å². The van der Waals surface area contributed by atoms with Crippen LogP contribution in [-0.2, 0) is 5.41 Å². The summed E-state index contributed by atoms with van der Waals surface area (Å²) in [6.07, 6.45) is 3.70. The second kappa shape index (κ2) is 6.10. The van der Waals surface area contributed by atoms with Crippen LogP contribution in [0.2, 0.25) is 0 Å². The Morgan fingerprint density at radius 1 is 1.45 bits per heavy atom. The Morgan fingerprint density at radius 2 is 2.18 bits per heavy atom. The van der Waals surface area contributed by atoms with Crippen LogP contribution in [-0.4, -0.2) is 40.2 Å². The Hall–Kier alpha value is -0.650. The molecule has 6 heteroatoms. The summed E-state index contributed by atoms with van der Waals surface area (Å²) in [4.78, 5) is 7.21. The number of rotatable bonds is 4. The quantitative estimate of drug-likeness (QED) is 0.920. The largest absolute Gasteiger partial charge is 0.339 e. The molecule has 2 N–H and O–H groups in total. The van der Waals surface area contributed by atoms with Crippen molar-refractivity contribution in [3.8, 4) is 0 Å². The van der Waals surface area contributed by atoms with Gasteiger partial charge in [-0.3, -0.25) is 0 Å². The van der Waals surface area contributed by atoms with E-state index in [4.69, 9.17) is 15.2 Å². The van der Waals surface area contributed by atoms with Gasteiger partial charge in [-0.15, -0.1) is 12.4 Å². The standard InChI is InChI=1S/C16H28N4O.ClH/c1-11(2)13-18-14(21-19-13)16-7-5-6-12(16)8-20(10-16)9-15(3,4)17;/h11-12H,5-10,17H2,1-4H3;1H/t12-,16-;/m1./s1. The molecular formula is C16H29ClN4O. The van der Waals surface area contributed by atoms with Gasteiger partial charge in [0.25, 0.3) is 0 Å². The van der Waals surface area contributed by atoms with Crippen molar-refractivity contribution in [2.24, 2.45) is 11.7 Å². The van der Waals surface area contributed by atoms with E-state index in [0.29, 0.717) is 11.8 Å². The molecule has 22 heavy (non-hydrogen) atoms. The van der Waals surface area contributed by atoms with E-state index in [2.05, 4.69) is 37.8 Å². The Balaban J connectivity index is 0.00000176. The average Bonchev–Trinajstić information content (AvgIpc) is 2.97. The number of hydrogen-bond acceptors (Lipinski definition) is 5. The summed E-state index contributed by atoms with van der Waals surface area (Å²) in [6.45, 7) is 11.5. The first-order valence-corrected chi connectivity index (χ1v) is 8.15. The normalized spacial score (nSPS) is 28.9.